The van der Waals surface area contributed by atoms with Crippen molar-refractivity contribution in [3.63, 3.8) is 0 Å². The van der Waals surface area contributed by atoms with Crippen LogP contribution in [0.2, 0.25) is 0 Å². The Morgan fingerprint density at radius 3 is 2.50 bits per heavy atom. The molecule has 0 aromatic carbocycles. The Hall–Kier alpha value is -1.79. The van der Waals surface area contributed by atoms with Gasteiger partial charge in [-0.3, -0.25) is 10.1 Å². The van der Waals surface area contributed by atoms with Gasteiger partial charge in [0.25, 0.3) is 5.91 Å². The Morgan fingerprint density at radius 1 is 1.40 bits per heavy atom. The monoisotopic (exact) mass is 283 g/mol. The number of carbonyl (C=O) groups excluding carboxylic acids is 3. The molecule has 0 radical (unpaired) electrons. The molecule has 0 spiro atoms. The first-order valence-electron chi connectivity index (χ1n) is 6.81. The first kappa shape index (κ1) is 14.6. The third-order valence-corrected chi connectivity index (χ3v) is 3.28. The molecule has 1 heterocycles. The summed E-state index contributed by atoms with van der Waals surface area (Å²) in [6, 6.07) is -0.512. The summed E-state index contributed by atoms with van der Waals surface area (Å²) in [7, 11) is 0. The van der Waals surface area contributed by atoms with Crippen LogP contribution in [0.1, 0.15) is 40.0 Å². The van der Waals surface area contributed by atoms with E-state index in [1.54, 1.807) is 20.8 Å². The molecule has 1 saturated carbocycles. The molecular weight excluding hydrogens is 262 g/mol. The predicted octanol–water partition coefficient (Wildman–Crippen LogP) is 0.889. The van der Waals surface area contributed by atoms with E-state index in [9.17, 15) is 14.4 Å². The molecule has 3 N–H and O–H groups in total. The Labute approximate surface area is 117 Å². The summed E-state index contributed by atoms with van der Waals surface area (Å²) in [5.74, 6) is 0.0463. The minimum Gasteiger partial charge on any atom is -0.444 e. The van der Waals surface area contributed by atoms with Crippen LogP contribution in [-0.4, -0.2) is 35.7 Å². The minimum absolute atomic E-state index is 0.0377. The summed E-state index contributed by atoms with van der Waals surface area (Å²) in [5.41, 5.74) is -1.65. The van der Waals surface area contributed by atoms with Crippen molar-refractivity contribution < 1.29 is 19.1 Å². The molecule has 1 aliphatic heterocycles. The van der Waals surface area contributed by atoms with Crippen LogP contribution in [-0.2, 0) is 9.53 Å². The smallest absolute Gasteiger partial charge is 0.407 e. The van der Waals surface area contributed by atoms with Crippen LogP contribution in [0.3, 0.4) is 0 Å². The van der Waals surface area contributed by atoms with Crippen molar-refractivity contribution in [3.05, 3.63) is 0 Å². The lowest BCUT2D eigenvalue weighted by molar-refractivity contribution is -0.124. The first-order valence-corrected chi connectivity index (χ1v) is 6.81. The number of amides is 4. The van der Waals surface area contributed by atoms with Gasteiger partial charge >= 0.3 is 12.1 Å². The maximum Gasteiger partial charge on any atom is 0.407 e. The standard InChI is InChI=1S/C13H21N3O4/c1-12(2,3)20-11(19)14-7-13(6-8-4-5-8)9(17)15-10(18)16-13/h8H,4-7H2,1-3H3,(H,14,19)(H2,15,16,17,18)/t13-/m1/s1. The van der Waals surface area contributed by atoms with E-state index in [1.807, 2.05) is 0 Å². The van der Waals surface area contributed by atoms with Crippen molar-refractivity contribution in [2.24, 2.45) is 5.92 Å². The summed E-state index contributed by atoms with van der Waals surface area (Å²) in [4.78, 5) is 35.0. The molecule has 1 aliphatic carbocycles. The largest absolute Gasteiger partial charge is 0.444 e. The summed E-state index contributed by atoms with van der Waals surface area (Å²) in [5, 5.41) is 7.44. The molecule has 0 unspecified atom stereocenters. The second kappa shape index (κ2) is 4.96. The van der Waals surface area contributed by atoms with Gasteiger partial charge < -0.3 is 15.4 Å². The maximum atomic E-state index is 12.0. The van der Waals surface area contributed by atoms with Gasteiger partial charge in [-0.2, -0.15) is 0 Å². The molecule has 2 aliphatic rings. The number of alkyl carbamates (subject to hydrolysis) is 1. The van der Waals surface area contributed by atoms with Crippen molar-refractivity contribution in [2.75, 3.05) is 6.54 Å². The fourth-order valence-corrected chi connectivity index (χ4v) is 2.22. The van der Waals surface area contributed by atoms with Gasteiger partial charge in [-0.15, -0.1) is 0 Å². The van der Waals surface area contributed by atoms with Crippen LogP contribution in [0.25, 0.3) is 0 Å². The lowest BCUT2D eigenvalue weighted by Gasteiger charge is -2.27. The van der Waals surface area contributed by atoms with Crippen LogP contribution < -0.4 is 16.0 Å². The quantitative estimate of drug-likeness (QED) is 0.667. The van der Waals surface area contributed by atoms with Crippen molar-refractivity contribution >= 4 is 18.0 Å². The number of hydrogen-bond acceptors (Lipinski definition) is 4. The summed E-state index contributed by atoms with van der Waals surface area (Å²) in [6.45, 7) is 5.32. The number of nitrogens with one attached hydrogen (secondary N) is 3. The number of rotatable bonds is 4. The summed E-state index contributed by atoms with van der Waals surface area (Å²) >= 11 is 0. The molecule has 7 heteroatoms. The topological polar surface area (TPSA) is 96.5 Å². The Bertz CT molecular complexity index is 439. The van der Waals surface area contributed by atoms with Crippen molar-refractivity contribution in [3.8, 4) is 0 Å². The summed E-state index contributed by atoms with van der Waals surface area (Å²) < 4.78 is 5.13. The zero-order valence-electron chi connectivity index (χ0n) is 12.0. The Morgan fingerprint density at radius 2 is 2.05 bits per heavy atom. The van der Waals surface area contributed by atoms with Crippen LogP contribution in [0.5, 0.6) is 0 Å². The molecule has 20 heavy (non-hydrogen) atoms. The highest BCUT2D eigenvalue weighted by atomic mass is 16.6. The third kappa shape index (κ3) is 3.61. The van der Waals surface area contributed by atoms with Crippen LogP contribution in [0, 0.1) is 5.92 Å². The van der Waals surface area contributed by atoms with Crippen molar-refractivity contribution in [2.45, 2.75) is 51.2 Å². The molecule has 1 atom stereocenters. The molecule has 4 amide bonds. The van der Waals surface area contributed by atoms with Gasteiger partial charge in [0.2, 0.25) is 0 Å². The molecule has 7 nitrogen and oxygen atoms in total. The molecular formula is C13H21N3O4. The number of carbonyl (C=O) groups is 3. The SMILES string of the molecule is CC(C)(C)OC(=O)NC[C@@]1(CC2CC2)NC(=O)NC1=O. The van der Waals surface area contributed by atoms with Crippen LogP contribution >= 0.6 is 0 Å². The zero-order chi connectivity index (χ0) is 15.0. The first-order chi connectivity index (χ1) is 9.20. The average molecular weight is 283 g/mol. The lowest BCUT2D eigenvalue weighted by atomic mass is 9.92. The molecule has 0 bridgehead atoms. The van der Waals surface area contributed by atoms with E-state index in [0.29, 0.717) is 12.3 Å². The highest BCUT2D eigenvalue weighted by Gasteiger charge is 2.49. The van der Waals surface area contributed by atoms with Crippen LogP contribution in [0.15, 0.2) is 0 Å². The molecule has 1 saturated heterocycles. The highest BCUT2D eigenvalue weighted by Crippen LogP contribution is 2.37. The number of ether oxygens (including phenoxy) is 1. The van der Waals surface area contributed by atoms with E-state index in [1.165, 1.54) is 0 Å². The van der Waals surface area contributed by atoms with Crippen LogP contribution in [0.4, 0.5) is 9.59 Å². The lowest BCUT2D eigenvalue weighted by Crippen LogP contribution is -2.56. The van der Waals surface area contributed by atoms with Crippen molar-refractivity contribution in [1.82, 2.24) is 16.0 Å². The van der Waals surface area contributed by atoms with E-state index in [2.05, 4.69) is 16.0 Å². The molecule has 2 rings (SSSR count). The summed E-state index contributed by atoms with van der Waals surface area (Å²) in [6.07, 6.45) is 2.05. The number of hydrogen-bond donors (Lipinski definition) is 3. The fourth-order valence-electron chi connectivity index (χ4n) is 2.22. The van der Waals surface area contributed by atoms with E-state index in [0.717, 1.165) is 12.8 Å². The second-order valence-electron chi connectivity index (χ2n) is 6.49. The van der Waals surface area contributed by atoms with E-state index < -0.39 is 23.3 Å². The van der Waals surface area contributed by atoms with Gasteiger partial charge in [0.05, 0.1) is 6.54 Å². The minimum atomic E-state index is -1.05. The van der Waals surface area contributed by atoms with E-state index >= 15 is 0 Å². The Kier molecular flexibility index (Phi) is 3.62. The second-order valence-corrected chi connectivity index (χ2v) is 6.49. The average Bonchev–Trinajstić information content (AvgIpc) is 3.02. The van der Waals surface area contributed by atoms with Gasteiger partial charge in [-0.05, 0) is 33.1 Å². The van der Waals surface area contributed by atoms with E-state index in [4.69, 9.17) is 4.74 Å². The van der Waals surface area contributed by atoms with Gasteiger partial charge in [0.15, 0.2) is 0 Å². The zero-order valence-corrected chi connectivity index (χ0v) is 12.0. The van der Waals surface area contributed by atoms with E-state index in [-0.39, 0.29) is 12.5 Å². The number of urea groups is 1. The predicted molar refractivity (Wildman–Crippen MR) is 71.0 cm³/mol. The third-order valence-electron chi connectivity index (χ3n) is 3.28. The van der Waals surface area contributed by atoms with Gasteiger partial charge in [0.1, 0.15) is 11.1 Å². The van der Waals surface area contributed by atoms with Crippen molar-refractivity contribution in [1.29, 1.82) is 0 Å². The van der Waals surface area contributed by atoms with Gasteiger partial charge in [0, 0.05) is 0 Å². The highest BCUT2D eigenvalue weighted by molar-refractivity contribution is 6.07. The Balaban J connectivity index is 1.96. The molecule has 2 fully saturated rings. The normalized spacial score (nSPS) is 25.9. The number of imide groups is 1. The maximum absolute atomic E-state index is 12.0. The molecule has 0 aromatic rings. The molecule has 112 valence electrons. The fraction of sp³-hybridized carbons (Fsp3) is 0.769. The van der Waals surface area contributed by atoms with Gasteiger partial charge in [-0.1, -0.05) is 12.8 Å². The van der Waals surface area contributed by atoms with Gasteiger partial charge in [-0.25, -0.2) is 9.59 Å². The molecule has 0 aromatic heterocycles.